The van der Waals surface area contributed by atoms with Gasteiger partial charge in [0.05, 0.1) is 25.0 Å². The normalized spacial score (nSPS) is 11.2. The molecule has 0 bridgehead atoms. The van der Waals surface area contributed by atoms with Gasteiger partial charge in [-0.3, -0.25) is 4.79 Å². The Morgan fingerprint density at radius 3 is 2.61 bits per heavy atom. The van der Waals surface area contributed by atoms with Crippen LogP contribution in [0.5, 0.6) is 0 Å². The molecule has 4 rings (SSSR count). The van der Waals surface area contributed by atoms with E-state index in [0.717, 1.165) is 16.5 Å². The maximum Gasteiger partial charge on any atom is 0.345 e. The average Bonchev–Trinajstić information content (AvgIpc) is 3.14. The lowest BCUT2D eigenvalue weighted by molar-refractivity contribution is 0.0991. The number of anilines is 1. The van der Waals surface area contributed by atoms with Gasteiger partial charge in [0.15, 0.2) is 0 Å². The number of benzene rings is 2. The number of carbonyl (C=O) groups is 1. The number of thiophene rings is 1. The van der Waals surface area contributed by atoms with E-state index in [9.17, 15) is 9.59 Å². The third-order valence-corrected chi connectivity index (χ3v) is 6.30. The number of amides is 1. The number of halogens is 2. The van der Waals surface area contributed by atoms with Gasteiger partial charge in [-0.15, -0.1) is 11.3 Å². The summed E-state index contributed by atoms with van der Waals surface area (Å²) in [6, 6.07) is 14.0. The SMILES string of the molecule is CCCN(C(=O)c1cc2c(=O)oc3ccccc3c2s1)c1ccc(Cl)c(Cl)c1. The lowest BCUT2D eigenvalue weighted by Crippen LogP contribution is -2.31. The first-order valence-electron chi connectivity index (χ1n) is 8.72. The van der Waals surface area contributed by atoms with Crippen molar-refractivity contribution in [3.8, 4) is 0 Å². The molecule has 2 aromatic carbocycles. The maximum atomic E-state index is 13.3. The molecule has 0 saturated heterocycles. The van der Waals surface area contributed by atoms with E-state index in [1.807, 2.05) is 25.1 Å². The second kappa shape index (κ2) is 7.59. The molecule has 0 aliphatic carbocycles. The van der Waals surface area contributed by atoms with E-state index in [1.165, 1.54) is 11.3 Å². The summed E-state index contributed by atoms with van der Waals surface area (Å²) in [6.07, 6.45) is 0.766. The van der Waals surface area contributed by atoms with Gasteiger partial charge < -0.3 is 9.32 Å². The second-order valence-electron chi connectivity index (χ2n) is 6.29. The fourth-order valence-corrected chi connectivity index (χ4v) is 4.52. The summed E-state index contributed by atoms with van der Waals surface area (Å²) in [5.74, 6) is -0.190. The van der Waals surface area contributed by atoms with Crippen molar-refractivity contribution in [2.24, 2.45) is 0 Å². The Balaban J connectivity index is 1.84. The molecule has 0 radical (unpaired) electrons. The third kappa shape index (κ3) is 3.30. The quantitative estimate of drug-likeness (QED) is 0.352. The molecule has 7 heteroatoms. The molecule has 0 spiro atoms. The van der Waals surface area contributed by atoms with Gasteiger partial charge in [-0.05, 0) is 42.8 Å². The minimum Gasteiger partial charge on any atom is -0.422 e. The monoisotopic (exact) mass is 431 g/mol. The third-order valence-electron chi connectivity index (χ3n) is 4.40. The molecule has 1 amide bonds. The standard InChI is InChI=1S/C21H15Cl2NO3S/c1-2-9-24(12-7-8-15(22)16(23)10-12)20(25)18-11-14-19(28-18)13-5-3-4-6-17(13)27-21(14)26/h3-8,10-11H,2,9H2,1H3. The second-order valence-corrected chi connectivity index (χ2v) is 8.16. The summed E-state index contributed by atoms with van der Waals surface area (Å²) < 4.78 is 6.13. The Morgan fingerprint density at radius 2 is 1.86 bits per heavy atom. The van der Waals surface area contributed by atoms with Crippen LogP contribution < -0.4 is 10.5 Å². The van der Waals surface area contributed by atoms with Crippen LogP contribution in [0.2, 0.25) is 10.0 Å². The molecule has 2 heterocycles. The molecule has 4 aromatic rings. The summed E-state index contributed by atoms with van der Waals surface area (Å²) >= 11 is 13.4. The fraction of sp³-hybridized carbons (Fsp3) is 0.143. The number of para-hydroxylation sites is 1. The highest BCUT2D eigenvalue weighted by atomic mass is 35.5. The van der Waals surface area contributed by atoms with Crippen molar-refractivity contribution >= 4 is 67.2 Å². The predicted octanol–water partition coefficient (Wildman–Crippen LogP) is 6.37. The highest BCUT2D eigenvalue weighted by molar-refractivity contribution is 7.21. The van der Waals surface area contributed by atoms with Gasteiger partial charge in [0.1, 0.15) is 5.58 Å². The van der Waals surface area contributed by atoms with Crippen molar-refractivity contribution in [2.75, 3.05) is 11.4 Å². The number of hydrogen-bond acceptors (Lipinski definition) is 4. The summed E-state index contributed by atoms with van der Waals surface area (Å²) in [5, 5.41) is 2.05. The van der Waals surface area contributed by atoms with Gasteiger partial charge in [0.25, 0.3) is 5.91 Å². The number of rotatable bonds is 4. The molecule has 0 N–H and O–H groups in total. The zero-order valence-electron chi connectivity index (χ0n) is 14.9. The molecule has 0 unspecified atom stereocenters. The van der Waals surface area contributed by atoms with E-state index in [4.69, 9.17) is 27.6 Å². The summed E-state index contributed by atoms with van der Waals surface area (Å²) in [7, 11) is 0. The molecule has 28 heavy (non-hydrogen) atoms. The predicted molar refractivity (Wildman–Crippen MR) is 116 cm³/mol. The van der Waals surface area contributed by atoms with E-state index < -0.39 is 5.63 Å². The minimum atomic E-state index is -0.444. The smallest absolute Gasteiger partial charge is 0.345 e. The Hall–Kier alpha value is -2.34. The number of hydrogen-bond donors (Lipinski definition) is 0. The number of nitrogens with zero attached hydrogens (tertiary/aromatic N) is 1. The van der Waals surface area contributed by atoms with Crippen LogP contribution in [0.25, 0.3) is 21.1 Å². The molecular formula is C21H15Cl2NO3S. The lowest BCUT2D eigenvalue weighted by atomic mass is 10.2. The molecule has 0 atom stereocenters. The van der Waals surface area contributed by atoms with E-state index in [0.29, 0.717) is 38.1 Å². The topological polar surface area (TPSA) is 50.5 Å². The molecule has 0 aliphatic rings. The molecule has 4 nitrogen and oxygen atoms in total. The molecule has 0 saturated carbocycles. The van der Waals surface area contributed by atoms with E-state index in [2.05, 4.69) is 0 Å². The first-order chi connectivity index (χ1) is 13.5. The van der Waals surface area contributed by atoms with Crippen LogP contribution in [0.15, 0.2) is 57.7 Å². The molecule has 0 aliphatic heterocycles. The first-order valence-corrected chi connectivity index (χ1v) is 10.3. The largest absolute Gasteiger partial charge is 0.422 e. The van der Waals surface area contributed by atoms with Gasteiger partial charge in [-0.25, -0.2) is 4.79 Å². The van der Waals surface area contributed by atoms with Gasteiger partial charge >= 0.3 is 5.63 Å². The zero-order valence-corrected chi connectivity index (χ0v) is 17.2. The molecule has 2 aromatic heterocycles. The Morgan fingerprint density at radius 1 is 1.07 bits per heavy atom. The van der Waals surface area contributed by atoms with E-state index >= 15 is 0 Å². The van der Waals surface area contributed by atoms with Gasteiger partial charge in [-0.1, -0.05) is 42.3 Å². The summed E-state index contributed by atoms with van der Waals surface area (Å²) in [5.41, 5.74) is 0.729. The number of fused-ring (bicyclic) bond motifs is 3. The molecular weight excluding hydrogens is 417 g/mol. The lowest BCUT2D eigenvalue weighted by Gasteiger charge is -2.22. The van der Waals surface area contributed by atoms with Crippen LogP contribution in [0, 0.1) is 0 Å². The van der Waals surface area contributed by atoms with Crippen LogP contribution in [-0.2, 0) is 0 Å². The highest BCUT2D eigenvalue weighted by Gasteiger charge is 2.22. The van der Waals surface area contributed by atoms with Crippen molar-refractivity contribution in [2.45, 2.75) is 13.3 Å². The summed E-state index contributed by atoms with van der Waals surface area (Å²) in [6.45, 7) is 2.51. The fourth-order valence-electron chi connectivity index (χ4n) is 3.10. The minimum absolute atomic E-state index is 0.190. The first kappa shape index (κ1) is 19.0. The molecule has 0 fully saturated rings. The number of carbonyl (C=O) groups excluding carboxylic acids is 1. The van der Waals surface area contributed by atoms with E-state index in [1.54, 1.807) is 35.2 Å². The van der Waals surface area contributed by atoms with Gasteiger partial charge in [0.2, 0.25) is 0 Å². The molecule has 142 valence electrons. The Bertz CT molecular complexity index is 1260. The van der Waals surface area contributed by atoms with Gasteiger partial charge in [0, 0.05) is 17.6 Å². The van der Waals surface area contributed by atoms with Crippen molar-refractivity contribution in [1.29, 1.82) is 0 Å². The highest BCUT2D eigenvalue weighted by Crippen LogP contribution is 2.33. The zero-order chi connectivity index (χ0) is 19.8. The van der Waals surface area contributed by atoms with Crippen molar-refractivity contribution in [1.82, 2.24) is 0 Å². The van der Waals surface area contributed by atoms with Crippen molar-refractivity contribution < 1.29 is 9.21 Å². The average molecular weight is 432 g/mol. The van der Waals surface area contributed by atoms with E-state index in [-0.39, 0.29) is 5.91 Å². The Labute approximate surface area is 174 Å². The van der Waals surface area contributed by atoms with Crippen LogP contribution in [-0.4, -0.2) is 12.5 Å². The van der Waals surface area contributed by atoms with Gasteiger partial charge in [-0.2, -0.15) is 0 Å². The maximum absolute atomic E-state index is 13.3. The summed E-state index contributed by atoms with van der Waals surface area (Å²) in [4.78, 5) is 27.8. The van der Waals surface area contributed by atoms with Crippen LogP contribution >= 0.6 is 34.5 Å². The Kier molecular flexibility index (Phi) is 5.15. The van der Waals surface area contributed by atoms with Crippen molar-refractivity contribution in [3.63, 3.8) is 0 Å². The van der Waals surface area contributed by atoms with Crippen LogP contribution in [0.4, 0.5) is 5.69 Å². The van der Waals surface area contributed by atoms with Crippen LogP contribution in [0.1, 0.15) is 23.0 Å². The van der Waals surface area contributed by atoms with Crippen LogP contribution in [0.3, 0.4) is 0 Å². The van der Waals surface area contributed by atoms with Crippen molar-refractivity contribution in [3.05, 3.63) is 73.9 Å².